The number of nitrogens with zero attached hydrogens (tertiary/aromatic N) is 2. The molecule has 2 aromatic rings. The standard InChI is InChI=1S/C25H28N4O4/c30-23-9-8-22(24(31)27-23)29-16-20-19(25(29)32)2-1-3-21(20)26-14-17-4-6-18(7-5-17)15-28-10-12-33-13-11-28/h1-7,22,26H,8-16H2,(H,27,30,31)/t22-/m0/s1/i14D2,15D2,16D2. The van der Waals surface area contributed by atoms with Crippen LogP contribution in [-0.2, 0) is 33.8 Å². The van der Waals surface area contributed by atoms with Gasteiger partial charge in [-0.15, -0.1) is 0 Å². The lowest BCUT2D eigenvalue weighted by Gasteiger charge is -2.29. The summed E-state index contributed by atoms with van der Waals surface area (Å²) in [7, 11) is 0. The summed E-state index contributed by atoms with van der Waals surface area (Å²) in [5.41, 5.74) is 0.488. The first kappa shape index (κ1) is 15.6. The van der Waals surface area contributed by atoms with Crippen LogP contribution in [0.1, 0.15) is 48.1 Å². The predicted octanol–water partition coefficient (Wildman–Crippen LogP) is 1.89. The summed E-state index contributed by atoms with van der Waals surface area (Å²) in [5, 5.41) is 4.87. The zero-order chi connectivity index (χ0) is 28.2. The van der Waals surface area contributed by atoms with Gasteiger partial charge in [-0.2, -0.15) is 0 Å². The first-order valence-electron chi connectivity index (χ1n) is 13.9. The maximum atomic E-state index is 13.2. The molecule has 3 amide bonds. The molecule has 0 saturated carbocycles. The molecule has 3 aliphatic heterocycles. The van der Waals surface area contributed by atoms with Crippen molar-refractivity contribution in [1.29, 1.82) is 0 Å². The highest BCUT2D eigenvalue weighted by Gasteiger charge is 2.39. The SMILES string of the molecule is [2H]C([2H])(Nc1cccc2c1C([2H])([2H])N([C@H]1CCC(=O)NC1=O)C2=O)c1ccc(C([2H])([2H])N2CCOCC2)cc1. The molecule has 2 fully saturated rings. The van der Waals surface area contributed by atoms with Crippen molar-refractivity contribution in [3.8, 4) is 0 Å². The molecule has 0 bridgehead atoms. The molecule has 0 aromatic heterocycles. The minimum atomic E-state index is -2.45. The Morgan fingerprint density at radius 1 is 1.09 bits per heavy atom. The van der Waals surface area contributed by atoms with Crippen molar-refractivity contribution in [3.63, 3.8) is 0 Å². The van der Waals surface area contributed by atoms with Crippen molar-refractivity contribution in [2.75, 3.05) is 31.6 Å². The Balaban J connectivity index is 1.41. The third-order valence-electron chi connectivity index (χ3n) is 5.79. The van der Waals surface area contributed by atoms with Crippen molar-refractivity contribution in [1.82, 2.24) is 15.1 Å². The molecule has 2 N–H and O–H groups in total. The fourth-order valence-electron chi connectivity index (χ4n) is 4.03. The maximum Gasteiger partial charge on any atom is 0.255 e. The van der Waals surface area contributed by atoms with Crippen LogP contribution in [-0.4, -0.2) is 59.9 Å². The van der Waals surface area contributed by atoms with Gasteiger partial charge >= 0.3 is 0 Å². The van der Waals surface area contributed by atoms with Gasteiger partial charge in [-0.05, 0) is 29.7 Å². The first-order valence-corrected chi connectivity index (χ1v) is 10.9. The summed E-state index contributed by atoms with van der Waals surface area (Å²) < 4.78 is 57.3. The van der Waals surface area contributed by atoms with E-state index in [-0.39, 0.29) is 35.2 Å². The Morgan fingerprint density at radius 2 is 1.85 bits per heavy atom. The van der Waals surface area contributed by atoms with Gasteiger partial charge in [0, 0.05) is 58.6 Å². The highest BCUT2D eigenvalue weighted by molar-refractivity contribution is 6.06. The minimum absolute atomic E-state index is 0.000412. The quantitative estimate of drug-likeness (QED) is 0.648. The molecule has 172 valence electrons. The second-order valence-corrected chi connectivity index (χ2v) is 8.02. The van der Waals surface area contributed by atoms with E-state index in [9.17, 15) is 14.4 Å². The summed E-state index contributed by atoms with van der Waals surface area (Å²) in [6, 6.07) is 9.18. The van der Waals surface area contributed by atoms with Gasteiger partial charge in [-0.25, -0.2) is 0 Å². The zero-order valence-electron chi connectivity index (χ0n) is 23.9. The summed E-state index contributed by atoms with van der Waals surface area (Å²) >= 11 is 0. The van der Waals surface area contributed by atoms with Crippen LogP contribution in [0, 0.1) is 0 Å². The van der Waals surface area contributed by atoms with E-state index in [1.54, 1.807) is 4.90 Å². The van der Waals surface area contributed by atoms with Crippen molar-refractivity contribution >= 4 is 23.4 Å². The average molecular weight is 455 g/mol. The molecule has 3 heterocycles. The number of nitrogens with one attached hydrogen (secondary N) is 2. The molecule has 2 saturated heterocycles. The van der Waals surface area contributed by atoms with E-state index < -0.39 is 43.3 Å². The fourth-order valence-corrected chi connectivity index (χ4v) is 4.03. The van der Waals surface area contributed by atoms with Gasteiger partial charge in [0.05, 0.1) is 18.7 Å². The topological polar surface area (TPSA) is 91.0 Å². The van der Waals surface area contributed by atoms with Crippen LogP contribution in [0.4, 0.5) is 5.69 Å². The van der Waals surface area contributed by atoms with Gasteiger partial charge in [0.15, 0.2) is 0 Å². The zero-order valence-corrected chi connectivity index (χ0v) is 17.9. The lowest BCUT2D eigenvalue weighted by atomic mass is 10.0. The number of imide groups is 1. The van der Waals surface area contributed by atoms with E-state index in [2.05, 4.69) is 10.6 Å². The van der Waals surface area contributed by atoms with Gasteiger partial charge < -0.3 is 15.0 Å². The van der Waals surface area contributed by atoms with Crippen molar-refractivity contribution in [3.05, 3.63) is 64.7 Å². The van der Waals surface area contributed by atoms with Gasteiger partial charge in [0.25, 0.3) is 5.91 Å². The number of morpholine rings is 1. The molecule has 8 heteroatoms. The van der Waals surface area contributed by atoms with Crippen molar-refractivity contribution in [2.24, 2.45) is 0 Å². The third kappa shape index (κ3) is 4.62. The number of hydrogen-bond acceptors (Lipinski definition) is 6. The van der Waals surface area contributed by atoms with Crippen LogP contribution in [0.2, 0.25) is 0 Å². The Hall–Kier alpha value is -3.23. The molecule has 3 aliphatic rings. The average Bonchev–Trinajstić information content (AvgIpc) is 3.10. The number of hydrogen-bond donors (Lipinski definition) is 2. The summed E-state index contributed by atoms with van der Waals surface area (Å²) in [5.74, 6) is -1.96. The van der Waals surface area contributed by atoms with Gasteiger partial charge in [0.1, 0.15) is 6.04 Å². The lowest BCUT2D eigenvalue weighted by Crippen LogP contribution is -2.52. The summed E-state index contributed by atoms with van der Waals surface area (Å²) in [4.78, 5) is 39.8. The normalized spacial score (nSPS) is 26.2. The van der Waals surface area contributed by atoms with E-state index in [1.165, 1.54) is 42.5 Å². The number of anilines is 1. The van der Waals surface area contributed by atoms with Crippen LogP contribution in [0.5, 0.6) is 0 Å². The highest BCUT2D eigenvalue weighted by atomic mass is 16.5. The predicted molar refractivity (Wildman–Crippen MR) is 122 cm³/mol. The molecule has 0 unspecified atom stereocenters. The van der Waals surface area contributed by atoms with E-state index in [0.29, 0.717) is 31.9 Å². The molecule has 1 atom stereocenters. The maximum absolute atomic E-state index is 13.2. The molecular formula is C25H28N4O4. The van der Waals surface area contributed by atoms with Crippen LogP contribution >= 0.6 is 0 Å². The van der Waals surface area contributed by atoms with Crippen LogP contribution in [0.25, 0.3) is 0 Å². The Bertz CT molecular complexity index is 1310. The minimum Gasteiger partial charge on any atom is -0.381 e. The molecule has 8 nitrogen and oxygen atoms in total. The number of carbonyl (C=O) groups excluding carboxylic acids is 3. The second-order valence-electron chi connectivity index (χ2n) is 8.02. The largest absolute Gasteiger partial charge is 0.381 e. The van der Waals surface area contributed by atoms with E-state index in [1.807, 2.05) is 0 Å². The lowest BCUT2D eigenvalue weighted by molar-refractivity contribution is -0.136. The number of amides is 3. The Morgan fingerprint density at radius 3 is 2.61 bits per heavy atom. The third-order valence-corrected chi connectivity index (χ3v) is 5.79. The number of ether oxygens (including phenoxy) is 1. The van der Waals surface area contributed by atoms with Gasteiger partial charge in [-0.1, -0.05) is 30.3 Å². The number of fused-ring (bicyclic) bond motifs is 1. The molecule has 2 aromatic carbocycles. The Kier molecular flexibility index (Phi) is 4.40. The fraction of sp³-hybridized carbons (Fsp3) is 0.400. The van der Waals surface area contributed by atoms with Gasteiger partial charge in [-0.3, -0.25) is 24.6 Å². The van der Waals surface area contributed by atoms with E-state index in [4.69, 9.17) is 13.0 Å². The molecule has 33 heavy (non-hydrogen) atoms. The molecular weight excluding hydrogens is 420 g/mol. The van der Waals surface area contributed by atoms with Crippen molar-refractivity contribution in [2.45, 2.75) is 38.4 Å². The van der Waals surface area contributed by atoms with E-state index in [0.717, 1.165) is 4.90 Å². The first-order chi connectivity index (χ1) is 18.3. The second kappa shape index (κ2) is 9.33. The van der Waals surface area contributed by atoms with Crippen LogP contribution in [0.15, 0.2) is 42.5 Å². The van der Waals surface area contributed by atoms with Crippen molar-refractivity contribution < 1.29 is 27.3 Å². The molecule has 5 rings (SSSR count). The molecule has 0 spiro atoms. The summed E-state index contributed by atoms with van der Waals surface area (Å²) in [6.07, 6.45) is -0.0441. The number of benzene rings is 2. The monoisotopic (exact) mass is 454 g/mol. The smallest absolute Gasteiger partial charge is 0.255 e. The molecule has 0 aliphatic carbocycles. The molecule has 0 radical (unpaired) electrons. The highest BCUT2D eigenvalue weighted by Crippen LogP contribution is 2.32. The number of piperidine rings is 1. The van der Waals surface area contributed by atoms with Crippen LogP contribution in [0.3, 0.4) is 0 Å². The Labute approximate surface area is 201 Å². The number of rotatable bonds is 6. The summed E-state index contributed by atoms with van der Waals surface area (Å²) in [6.45, 7) is -4.70. The number of carbonyl (C=O) groups is 3. The van der Waals surface area contributed by atoms with Crippen LogP contribution < -0.4 is 10.6 Å². The van der Waals surface area contributed by atoms with E-state index >= 15 is 0 Å². The van der Waals surface area contributed by atoms with Gasteiger partial charge in [0.2, 0.25) is 11.8 Å².